The quantitative estimate of drug-likeness (QED) is 0.0274. The number of aliphatic carboxylic acids is 3. The fourth-order valence-corrected chi connectivity index (χ4v) is 17.4. The van der Waals surface area contributed by atoms with Gasteiger partial charge in [-0.3, -0.25) is 47.9 Å². The van der Waals surface area contributed by atoms with E-state index in [0.717, 1.165) is 66.1 Å². The molecule has 2 aliphatic heterocycles. The van der Waals surface area contributed by atoms with Crippen molar-refractivity contribution in [3.63, 3.8) is 0 Å². The lowest BCUT2D eigenvalue weighted by atomic mass is 9.78. The van der Waals surface area contributed by atoms with Gasteiger partial charge in [0.2, 0.25) is 23.6 Å². The van der Waals surface area contributed by atoms with Crippen molar-refractivity contribution in [1.82, 2.24) is 29.6 Å². The van der Waals surface area contributed by atoms with Gasteiger partial charge < -0.3 is 65.3 Å². The van der Waals surface area contributed by atoms with Gasteiger partial charge in [-0.15, -0.1) is 35.1 Å². The molecule has 16 atom stereocenters. The molecule has 4 aromatic rings. The number of hydrogen-bond donors (Lipinski definition) is 5. The molecule has 7 N–H and O–H groups in total. The van der Waals surface area contributed by atoms with Crippen LogP contribution in [0.5, 0.6) is 0 Å². The van der Waals surface area contributed by atoms with E-state index in [9.17, 15) is 61.1 Å². The highest BCUT2D eigenvalue weighted by Crippen LogP contribution is 2.39. The smallest absolute Gasteiger partial charge is 0.481 e. The number of ketones is 4. The van der Waals surface area contributed by atoms with Crippen molar-refractivity contribution in [2.24, 2.45) is 80.5 Å². The van der Waals surface area contributed by atoms with Gasteiger partial charge in [-0.05, 0) is 114 Å². The van der Waals surface area contributed by atoms with Crippen molar-refractivity contribution in [2.75, 3.05) is 68.7 Å². The first-order chi connectivity index (χ1) is 60.2. The van der Waals surface area contributed by atoms with Crippen LogP contribution in [-0.2, 0) is 84.5 Å². The van der Waals surface area contributed by atoms with Gasteiger partial charge in [0.15, 0.2) is 0 Å². The Labute approximate surface area is 787 Å². The third-order valence-corrected chi connectivity index (χ3v) is 28.5. The number of thiazole rings is 2. The van der Waals surface area contributed by atoms with E-state index in [1.165, 1.54) is 0 Å². The molecule has 4 heterocycles. The number of carbonyl (C=O) groups excluding carboxylic acids is 8. The van der Waals surface area contributed by atoms with Crippen LogP contribution >= 0.6 is 35.1 Å². The third kappa shape index (κ3) is 36.7. The second-order valence-electron chi connectivity index (χ2n) is 38.1. The highest BCUT2D eigenvalue weighted by molar-refractivity contribution is 7.09. The Balaban J connectivity index is 0.00000103. The molecule has 4 amide bonds. The Morgan fingerprint density at radius 1 is 0.485 bits per heavy atom. The Morgan fingerprint density at radius 2 is 0.808 bits per heavy atom. The lowest BCUT2D eigenvalue weighted by Gasteiger charge is -2.41. The van der Waals surface area contributed by atoms with E-state index in [1.54, 1.807) is 115 Å². The Hall–Kier alpha value is -7.49. The van der Waals surface area contributed by atoms with Gasteiger partial charge in [-0.25, -0.2) is 14.8 Å². The van der Waals surface area contributed by atoms with E-state index in [0.29, 0.717) is 45.2 Å². The molecule has 26 nitrogen and oxygen atoms in total. The summed E-state index contributed by atoms with van der Waals surface area (Å²) >= 11 is 3.14. The molecule has 0 unspecified atom stereocenters. The Bertz CT molecular complexity index is 3820. The number of rotatable bonds is 48. The largest absolute Gasteiger partial charge is 0.490 e. The number of Topliss-reactive ketones (excluding diaryl/α,β-unsaturated/α-hetero) is 4. The molecule has 2 aromatic carbocycles. The summed E-state index contributed by atoms with van der Waals surface area (Å²) in [6.45, 7) is 39.6. The second kappa shape index (κ2) is 57.3. The first kappa shape index (κ1) is 121. The monoisotopic (exact) mass is 1890 g/mol. The van der Waals surface area contributed by atoms with Gasteiger partial charge in [0.25, 0.3) is 0 Å². The Morgan fingerprint density at radius 3 is 1.05 bits per heavy atom. The molecule has 738 valence electrons. The molecule has 2 aliphatic rings. The van der Waals surface area contributed by atoms with Gasteiger partial charge in [-0.1, -0.05) is 184 Å². The number of benzene rings is 2. The van der Waals surface area contributed by atoms with Gasteiger partial charge in [0.1, 0.15) is 23.1 Å². The van der Waals surface area contributed by atoms with Gasteiger partial charge in [0.05, 0.1) is 82.3 Å². The molecule has 0 bridgehead atoms. The first-order valence-electron chi connectivity index (χ1n) is 45.6. The molecular formula is C98H158ClF3N8O18S2. The number of ether oxygens (including phenoxy) is 4. The highest BCUT2D eigenvalue weighted by Gasteiger charge is 2.47. The van der Waals surface area contributed by atoms with Gasteiger partial charge in [0, 0.05) is 164 Å². The van der Waals surface area contributed by atoms with E-state index in [1.807, 2.05) is 140 Å². The number of alkyl halides is 3. The standard InChI is InChI=1S/C43H67N3O6S.C42H66N4O6S.C6H12O2.C5H11NO2.C2HF3O2.ClH/c1-12-29(5)39(45(9)42(50)33(28(3)4)26-37(48)43(7,8)13-2)36(51-10)27-38(49)46-22-17-20-34(46)40(52-11)30(6)35(47)25-32(41-44-21-23-53-41)24-31-18-15-14-16-19-31;1-11-28(4)38(45(8)41(50)32(27(2)3)24-36(48)42(6,7)26-43)35(51-9)25-37(49)46-20-15-18-33(46)39(52-10)29(5)34(47)23-31(40-44-19-21-53-40)22-30-16-13-12-14-17-30;1-4-6(2,3)5(7)8;1-5(2,3-6)4(7)8;3-2(4,5)1(6)7;/h14-16,18-19,21,23,28-30,32-34,36,39-40H,12-13,17,20,22,24-27H2,1-11H3;12-14,16-17,19,21,27-29,31-33,35,38-39H,11,15,18,20,22-26,43H2,1-10H3;4H2,1-3H3,(H,7,8);3,6H2,1-2H3,(H,7,8);(H,6,7);1H/t29-,30-,32+,33-,34-,36+,39-,40+;28-,29-,31+,32-,33-,35+,38-,39+;;;;/m00..../s1. The summed E-state index contributed by atoms with van der Waals surface area (Å²) in [4.78, 5) is 157. The summed E-state index contributed by atoms with van der Waals surface area (Å²) in [5.41, 5.74) is 10.8. The number of nitrogens with zero attached hydrogens (tertiary/aromatic N) is 6. The Kier molecular flexibility index (Phi) is 53.1. The number of likely N-dealkylation sites (N-methyl/N-ethyl adjacent to an activating group) is 2. The molecule has 2 aromatic heterocycles. The highest BCUT2D eigenvalue weighted by atomic mass is 35.5. The molecule has 32 heteroatoms. The number of carbonyl (C=O) groups is 11. The molecule has 2 fully saturated rings. The molecule has 2 saturated heterocycles. The molecule has 0 spiro atoms. The van der Waals surface area contributed by atoms with Crippen molar-refractivity contribution in [1.29, 1.82) is 0 Å². The van der Waals surface area contributed by atoms with Crippen molar-refractivity contribution in [3.05, 3.63) is 105 Å². The zero-order valence-electron chi connectivity index (χ0n) is 82.3. The van der Waals surface area contributed by atoms with Crippen molar-refractivity contribution < 1.29 is 100 Å². The zero-order valence-corrected chi connectivity index (χ0v) is 84.7. The number of methoxy groups -OCH3 is 4. The number of aromatic nitrogens is 2. The summed E-state index contributed by atoms with van der Waals surface area (Å²) < 4.78 is 56.0. The second-order valence-corrected chi connectivity index (χ2v) is 39.9. The fourth-order valence-electron chi connectivity index (χ4n) is 15.9. The molecule has 0 saturated carbocycles. The van der Waals surface area contributed by atoms with Crippen LogP contribution in [0.15, 0.2) is 83.8 Å². The van der Waals surface area contributed by atoms with Crippen LogP contribution in [-0.4, -0.2) is 233 Å². The number of hydrogen-bond acceptors (Lipinski definition) is 21. The number of carboxylic acids is 3. The number of likely N-dealkylation sites (tertiary alicyclic amines) is 2. The van der Waals surface area contributed by atoms with Crippen molar-refractivity contribution in [3.8, 4) is 0 Å². The maximum atomic E-state index is 14.3. The predicted octanol–water partition coefficient (Wildman–Crippen LogP) is 17.2. The maximum absolute atomic E-state index is 14.3. The maximum Gasteiger partial charge on any atom is 0.490 e. The number of halogens is 4. The molecule has 0 radical (unpaired) electrons. The summed E-state index contributed by atoms with van der Waals surface area (Å²) in [5.74, 6) is -6.45. The average molecular weight is 1890 g/mol. The molecular weight excluding hydrogens is 1730 g/mol. The number of amides is 4. The van der Waals surface area contributed by atoms with E-state index in [4.69, 9.17) is 50.5 Å². The normalized spacial score (nSPS) is 17.5. The van der Waals surface area contributed by atoms with Crippen LogP contribution in [0.1, 0.15) is 261 Å². The molecule has 130 heavy (non-hydrogen) atoms. The van der Waals surface area contributed by atoms with Crippen LogP contribution in [0.2, 0.25) is 0 Å². The minimum Gasteiger partial charge on any atom is -0.481 e. The van der Waals surface area contributed by atoms with Crippen LogP contribution < -0.4 is 11.5 Å². The fraction of sp³-hybridized carbons (Fsp3) is 0.704. The van der Waals surface area contributed by atoms with E-state index >= 15 is 0 Å². The van der Waals surface area contributed by atoms with Crippen molar-refractivity contribution >= 4 is 99.8 Å². The van der Waals surface area contributed by atoms with E-state index in [2.05, 4.69) is 61.9 Å². The number of nitrogens with two attached hydrogens (primary N) is 2. The van der Waals surface area contributed by atoms with Gasteiger partial charge in [-0.2, -0.15) is 13.2 Å². The van der Waals surface area contributed by atoms with Gasteiger partial charge >= 0.3 is 24.1 Å². The number of carboxylic acid groups (broad SMARTS) is 3. The topological polar surface area (TPSA) is 376 Å². The molecule has 0 aliphatic carbocycles. The van der Waals surface area contributed by atoms with Crippen LogP contribution in [0.3, 0.4) is 0 Å². The minimum atomic E-state index is -5.08. The summed E-state index contributed by atoms with van der Waals surface area (Å²) in [5, 5.41) is 29.7. The van der Waals surface area contributed by atoms with Crippen LogP contribution in [0.25, 0.3) is 0 Å². The lowest BCUT2D eigenvalue weighted by Crippen LogP contribution is -2.54. The van der Waals surface area contributed by atoms with E-state index in [-0.39, 0.29) is 152 Å². The average Bonchev–Trinajstić information content (AvgIpc) is 1.41. The summed E-state index contributed by atoms with van der Waals surface area (Å²) in [6.07, 6.45) is 5.03. The predicted molar refractivity (Wildman–Crippen MR) is 507 cm³/mol. The third-order valence-electron chi connectivity index (χ3n) is 26.6. The molecule has 6 rings (SSSR count). The van der Waals surface area contributed by atoms with Crippen molar-refractivity contribution in [2.45, 2.75) is 308 Å². The lowest BCUT2D eigenvalue weighted by molar-refractivity contribution is -0.192. The zero-order chi connectivity index (χ0) is 98.6. The summed E-state index contributed by atoms with van der Waals surface area (Å²) in [6, 6.07) is 19.1. The SMILES string of the molecule is CC(C)(CN)C(=O)O.CCC(C)(C)C(=O)O.CC[C@H](C)[C@@H]([C@@H](CC(=O)N1CCC[C@H]1[C@H](OC)[C@@H](C)C(=O)C[C@@H](Cc1ccccc1)c1nccs1)OC)N(C)C(=O)[C@@H](CC(=O)C(C)(C)CC)C(C)C.CC[C@H](C)[C@@H]([C@@H](CC(=O)N1CCC[C@H]1[C@H](OC)[C@@H](C)C(=O)C[C@@H](Cc1ccccc1)c1nccs1)OC)N(C)C(=O)[C@@H](CC(=O)C(C)(C)CN)C(C)C.Cl.O=C(O)C(F)(F)F. The van der Waals surface area contributed by atoms with Crippen LogP contribution in [0, 0.1) is 69.0 Å². The van der Waals surface area contributed by atoms with Crippen LogP contribution in [0.4, 0.5) is 13.2 Å². The summed E-state index contributed by atoms with van der Waals surface area (Å²) in [7, 11) is 10.0. The van der Waals surface area contributed by atoms with E-state index < -0.39 is 99.9 Å². The minimum absolute atomic E-state index is 0. The first-order valence-corrected chi connectivity index (χ1v) is 47.3.